The number of carbonyl (C=O) groups is 2. The molecule has 2 unspecified atom stereocenters. The third-order valence-corrected chi connectivity index (χ3v) is 4.05. The van der Waals surface area contributed by atoms with Crippen LogP contribution in [0.25, 0.3) is 0 Å². The van der Waals surface area contributed by atoms with Crippen LogP contribution >= 0.6 is 11.3 Å². The van der Waals surface area contributed by atoms with E-state index >= 15 is 0 Å². The van der Waals surface area contributed by atoms with Crippen LogP contribution in [0.1, 0.15) is 36.9 Å². The van der Waals surface area contributed by atoms with Crippen molar-refractivity contribution < 1.29 is 14.3 Å². The van der Waals surface area contributed by atoms with Crippen molar-refractivity contribution in [1.82, 2.24) is 4.90 Å². The van der Waals surface area contributed by atoms with Crippen molar-refractivity contribution in [3.8, 4) is 0 Å². The summed E-state index contributed by atoms with van der Waals surface area (Å²) in [5.41, 5.74) is 0. The Bertz CT molecular complexity index is 416. The lowest BCUT2D eigenvalue weighted by Gasteiger charge is -2.30. The highest BCUT2D eigenvalue weighted by atomic mass is 32.1. The zero-order valence-electron chi connectivity index (χ0n) is 11.9. The molecule has 5 heteroatoms. The summed E-state index contributed by atoms with van der Waals surface area (Å²) in [5.74, 6) is -0.615. The number of nitrogens with zero attached hydrogens (tertiary/aromatic N) is 1. The number of hydrogen-bond acceptors (Lipinski definition) is 4. The van der Waals surface area contributed by atoms with Crippen molar-refractivity contribution in [2.45, 2.75) is 33.2 Å². The molecule has 1 aromatic heterocycles. The van der Waals surface area contributed by atoms with Gasteiger partial charge in [-0.15, -0.1) is 11.3 Å². The number of ether oxygens (including phenoxy) is 1. The minimum Gasteiger partial charge on any atom is -0.469 e. The Morgan fingerprint density at radius 3 is 2.58 bits per heavy atom. The second-order valence-electron chi connectivity index (χ2n) is 4.62. The Kier molecular flexibility index (Phi) is 6.02. The van der Waals surface area contributed by atoms with Crippen LogP contribution in [0.4, 0.5) is 0 Å². The summed E-state index contributed by atoms with van der Waals surface area (Å²) < 4.78 is 4.72. The Balaban J connectivity index is 2.83. The standard InChI is InChI=1S/C14H21NO3S/c1-5-11(3)15(9-10(2)14(17)18-4)13(16)12-7-6-8-19-12/h6-8,10-11H,5,9H2,1-4H3. The summed E-state index contributed by atoms with van der Waals surface area (Å²) >= 11 is 1.42. The summed E-state index contributed by atoms with van der Waals surface area (Å²) in [5, 5.41) is 1.88. The molecule has 4 nitrogen and oxygen atoms in total. The first-order valence-corrected chi connectivity index (χ1v) is 7.31. The van der Waals surface area contributed by atoms with Gasteiger partial charge in [0.15, 0.2) is 0 Å². The van der Waals surface area contributed by atoms with Gasteiger partial charge in [-0.3, -0.25) is 9.59 Å². The SMILES string of the molecule is CCC(C)N(CC(C)C(=O)OC)C(=O)c1cccs1. The maximum atomic E-state index is 12.4. The fourth-order valence-electron chi connectivity index (χ4n) is 1.80. The average molecular weight is 283 g/mol. The largest absolute Gasteiger partial charge is 0.469 e. The Morgan fingerprint density at radius 1 is 1.42 bits per heavy atom. The van der Waals surface area contributed by atoms with Crippen molar-refractivity contribution in [3.63, 3.8) is 0 Å². The highest BCUT2D eigenvalue weighted by Crippen LogP contribution is 2.17. The molecular weight excluding hydrogens is 262 g/mol. The van der Waals surface area contributed by atoms with E-state index in [0.29, 0.717) is 11.4 Å². The molecule has 0 saturated carbocycles. The molecule has 1 amide bonds. The first-order chi connectivity index (χ1) is 9.01. The number of amides is 1. The number of methoxy groups -OCH3 is 1. The Hall–Kier alpha value is -1.36. The fourth-order valence-corrected chi connectivity index (χ4v) is 2.47. The van der Waals surface area contributed by atoms with Gasteiger partial charge in [0, 0.05) is 12.6 Å². The molecule has 0 bridgehead atoms. The number of rotatable bonds is 6. The predicted octanol–water partition coefficient (Wildman–Crippen LogP) is 2.80. The molecule has 0 aliphatic carbocycles. The van der Waals surface area contributed by atoms with Gasteiger partial charge in [0.25, 0.3) is 5.91 Å². The molecule has 0 N–H and O–H groups in total. The van der Waals surface area contributed by atoms with Gasteiger partial charge >= 0.3 is 5.97 Å². The van der Waals surface area contributed by atoms with E-state index in [9.17, 15) is 9.59 Å². The molecule has 19 heavy (non-hydrogen) atoms. The second kappa shape index (κ2) is 7.28. The van der Waals surface area contributed by atoms with E-state index in [1.807, 2.05) is 31.4 Å². The molecule has 2 atom stereocenters. The van der Waals surface area contributed by atoms with Crippen LogP contribution in [0.15, 0.2) is 17.5 Å². The van der Waals surface area contributed by atoms with Gasteiger partial charge < -0.3 is 9.64 Å². The number of thiophene rings is 1. The first-order valence-electron chi connectivity index (χ1n) is 6.43. The quantitative estimate of drug-likeness (QED) is 0.754. The predicted molar refractivity (Wildman–Crippen MR) is 76.3 cm³/mol. The van der Waals surface area contributed by atoms with Gasteiger partial charge in [-0.2, -0.15) is 0 Å². The first kappa shape index (κ1) is 15.7. The van der Waals surface area contributed by atoms with Crippen molar-refractivity contribution in [2.75, 3.05) is 13.7 Å². The van der Waals surface area contributed by atoms with Gasteiger partial charge in [0.1, 0.15) is 0 Å². The monoisotopic (exact) mass is 283 g/mol. The molecule has 1 rings (SSSR count). The van der Waals surface area contributed by atoms with Crippen LogP contribution in [-0.2, 0) is 9.53 Å². The van der Waals surface area contributed by atoms with E-state index in [4.69, 9.17) is 4.74 Å². The van der Waals surface area contributed by atoms with Crippen LogP contribution in [0, 0.1) is 5.92 Å². The summed E-state index contributed by atoms with van der Waals surface area (Å²) in [4.78, 5) is 26.4. The van der Waals surface area contributed by atoms with Crippen LogP contribution in [0.2, 0.25) is 0 Å². The molecular formula is C14H21NO3S. The molecule has 1 aromatic rings. The van der Waals surface area contributed by atoms with Crippen molar-refractivity contribution in [1.29, 1.82) is 0 Å². The minimum absolute atomic E-state index is 0.0138. The van der Waals surface area contributed by atoms with E-state index in [2.05, 4.69) is 0 Å². The van der Waals surface area contributed by atoms with E-state index in [-0.39, 0.29) is 23.8 Å². The van der Waals surface area contributed by atoms with Crippen molar-refractivity contribution >= 4 is 23.2 Å². The van der Waals surface area contributed by atoms with Crippen LogP contribution < -0.4 is 0 Å². The lowest BCUT2D eigenvalue weighted by Crippen LogP contribution is -2.42. The third-order valence-electron chi connectivity index (χ3n) is 3.19. The van der Waals surface area contributed by atoms with E-state index < -0.39 is 0 Å². The maximum Gasteiger partial charge on any atom is 0.310 e. The van der Waals surface area contributed by atoms with Crippen molar-refractivity contribution in [2.24, 2.45) is 5.92 Å². The van der Waals surface area contributed by atoms with Crippen LogP contribution in [-0.4, -0.2) is 36.5 Å². The average Bonchev–Trinajstić information content (AvgIpc) is 2.95. The molecule has 106 valence electrons. The van der Waals surface area contributed by atoms with E-state index in [1.165, 1.54) is 18.4 Å². The number of esters is 1. The number of hydrogen-bond donors (Lipinski definition) is 0. The summed E-state index contributed by atoms with van der Waals surface area (Å²) in [6.45, 7) is 6.19. The fraction of sp³-hybridized carbons (Fsp3) is 0.571. The minimum atomic E-state index is -0.317. The molecule has 0 spiro atoms. The smallest absolute Gasteiger partial charge is 0.310 e. The molecule has 1 heterocycles. The number of carbonyl (C=O) groups excluding carboxylic acids is 2. The summed E-state index contributed by atoms with van der Waals surface area (Å²) in [6, 6.07) is 3.77. The lowest BCUT2D eigenvalue weighted by atomic mass is 10.1. The lowest BCUT2D eigenvalue weighted by molar-refractivity contribution is -0.145. The molecule has 0 fully saturated rings. The maximum absolute atomic E-state index is 12.4. The van der Waals surface area contributed by atoms with Gasteiger partial charge in [0.05, 0.1) is 17.9 Å². The normalized spacial score (nSPS) is 13.7. The molecule has 0 aliphatic heterocycles. The highest BCUT2D eigenvalue weighted by molar-refractivity contribution is 7.12. The molecule has 0 aromatic carbocycles. The van der Waals surface area contributed by atoms with Gasteiger partial charge in [0.2, 0.25) is 0 Å². The van der Waals surface area contributed by atoms with Crippen LogP contribution in [0.3, 0.4) is 0 Å². The van der Waals surface area contributed by atoms with E-state index in [0.717, 1.165) is 6.42 Å². The second-order valence-corrected chi connectivity index (χ2v) is 5.56. The Morgan fingerprint density at radius 2 is 2.11 bits per heavy atom. The zero-order valence-corrected chi connectivity index (χ0v) is 12.7. The van der Waals surface area contributed by atoms with Crippen LogP contribution in [0.5, 0.6) is 0 Å². The Labute approximate surface area is 118 Å². The summed E-state index contributed by atoms with van der Waals surface area (Å²) in [7, 11) is 1.37. The van der Waals surface area contributed by atoms with Crippen molar-refractivity contribution in [3.05, 3.63) is 22.4 Å². The van der Waals surface area contributed by atoms with E-state index in [1.54, 1.807) is 11.8 Å². The molecule has 0 saturated heterocycles. The highest BCUT2D eigenvalue weighted by Gasteiger charge is 2.26. The van der Waals surface area contributed by atoms with Gasteiger partial charge in [-0.05, 0) is 24.8 Å². The van der Waals surface area contributed by atoms with Gasteiger partial charge in [-0.25, -0.2) is 0 Å². The topological polar surface area (TPSA) is 46.6 Å². The third kappa shape index (κ3) is 4.06. The van der Waals surface area contributed by atoms with Gasteiger partial charge in [-0.1, -0.05) is 19.9 Å². The summed E-state index contributed by atoms with van der Waals surface area (Å²) in [6.07, 6.45) is 0.852. The molecule has 0 radical (unpaired) electrons. The molecule has 0 aliphatic rings. The zero-order chi connectivity index (χ0) is 14.4.